The van der Waals surface area contributed by atoms with E-state index in [1.54, 1.807) is 18.5 Å². The van der Waals surface area contributed by atoms with Crippen molar-refractivity contribution in [3.63, 3.8) is 0 Å². The molecule has 0 aliphatic carbocycles. The number of nitrogens with zero attached hydrogens (tertiary/aromatic N) is 3. The van der Waals surface area contributed by atoms with E-state index >= 15 is 0 Å². The minimum absolute atomic E-state index is 0.0842. The summed E-state index contributed by atoms with van der Waals surface area (Å²) in [6.45, 7) is 3.99. The summed E-state index contributed by atoms with van der Waals surface area (Å²) in [6.07, 6.45) is 4.34. The van der Waals surface area contributed by atoms with Gasteiger partial charge in [0.1, 0.15) is 4.88 Å². The number of aryl methyl sites for hydroxylation is 1. The van der Waals surface area contributed by atoms with Gasteiger partial charge in [0.25, 0.3) is 5.91 Å². The molecule has 0 spiro atoms. The molecule has 0 unspecified atom stereocenters. The van der Waals surface area contributed by atoms with E-state index in [1.165, 1.54) is 11.3 Å². The van der Waals surface area contributed by atoms with Crippen LogP contribution in [0.25, 0.3) is 10.8 Å². The van der Waals surface area contributed by atoms with Gasteiger partial charge in [-0.3, -0.25) is 4.79 Å². The number of amides is 1. The number of nitrogens with one attached hydrogen (secondary N) is 1. The fourth-order valence-corrected chi connectivity index (χ4v) is 3.10. The SMILES string of the molecule is Cc1nc(-c2ncccn2)sc1C(=O)NC[C@H]1CCOC1. The largest absolute Gasteiger partial charge is 0.381 e. The monoisotopic (exact) mass is 304 g/mol. The van der Waals surface area contributed by atoms with Crippen LogP contribution in [0, 0.1) is 12.8 Å². The van der Waals surface area contributed by atoms with Gasteiger partial charge in [-0.15, -0.1) is 11.3 Å². The lowest BCUT2D eigenvalue weighted by atomic mass is 10.1. The highest BCUT2D eigenvalue weighted by Gasteiger charge is 2.20. The van der Waals surface area contributed by atoms with Gasteiger partial charge >= 0.3 is 0 Å². The maximum absolute atomic E-state index is 12.2. The van der Waals surface area contributed by atoms with Crippen molar-refractivity contribution in [2.45, 2.75) is 13.3 Å². The van der Waals surface area contributed by atoms with Gasteiger partial charge in [-0.05, 0) is 19.4 Å². The average molecular weight is 304 g/mol. The number of carbonyl (C=O) groups excluding carboxylic acids is 1. The van der Waals surface area contributed by atoms with Crippen molar-refractivity contribution < 1.29 is 9.53 Å². The van der Waals surface area contributed by atoms with E-state index in [-0.39, 0.29) is 5.91 Å². The number of hydrogen-bond acceptors (Lipinski definition) is 6. The Balaban J connectivity index is 1.70. The molecule has 1 saturated heterocycles. The van der Waals surface area contributed by atoms with Crippen LogP contribution in [-0.2, 0) is 4.74 Å². The first kappa shape index (κ1) is 14.1. The molecule has 21 heavy (non-hydrogen) atoms. The van der Waals surface area contributed by atoms with Gasteiger partial charge in [-0.1, -0.05) is 0 Å². The molecule has 2 aromatic rings. The lowest BCUT2D eigenvalue weighted by Crippen LogP contribution is -2.29. The third-order valence-electron chi connectivity index (χ3n) is 3.34. The van der Waals surface area contributed by atoms with Crippen LogP contribution in [0.15, 0.2) is 18.5 Å². The second kappa shape index (κ2) is 6.28. The predicted molar refractivity (Wildman–Crippen MR) is 79.1 cm³/mol. The van der Waals surface area contributed by atoms with E-state index in [0.717, 1.165) is 19.6 Å². The lowest BCUT2D eigenvalue weighted by molar-refractivity contribution is 0.0948. The summed E-state index contributed by atoms with van der Waals surface area (Å²) in [5.74, 6) is 0.882. The molecule has 6 nitrogen and oxygen atoms in total. The van der Waals surface area contributed by atoms with Gasteiger partial charge in [0.2, 0.25) is 0 Å². The van der Waals surface area contributed by atoms with E-state index in [2.05, 4.69) is 20.3 Å². The molecule has 0 radical (unpaired) electrons. The van der Waals surface area contributed by atoms with E-state index in [4.69, 9.17) is 4.74 Å². The zero-order valence-electron chi connectivity index (χ0n) is 11.7. The Kier molecular flexibility index (Phi) is 4.21. The maximum Gasteiger partial charge on any atom is 0.263 e. The van der Waals surface area contributed by atoms with Gasteiger partial charge in [0, 0.05) is 31.5 Å². The normalized spacial score (nSPS) is 17.9. The smallest absolute Gasteiger partial charge is 0.263 e. The third kappa shape index (κ3) is 3.25. The molecule has 1 amide bonds. The highest BCUT2D eigenvalue weighted by Crippen LogP contribution is 2.25. The molecule has 2 aromatic heterocycles. The van der Waals surface area contributed by atoms with Crippen molar-refractivity contribution in [3.05, 3.63) is 29.0 Å². The highest BCUT2D eigenvalue weighted by atomic mass is 32.1. The number of carbonyl (C=O) groups is 1. The van der Waals surface area contributed by atoms with E-state index in [1.807, 2.05) is 6.92 Å². The van der Waals surface area contributed by atoms with E-state index in [0.29, 0.717) is 33.9 Å². The maximum atomic E-state index is 12.2. The van der Waals surface area contributed by atoms with Crippen LogP contribution in [-0.4, -0.2) is 40.6 Å². The van der Waals surface area contributed by atoms with Crippen molar-refractivity contribution in [3.8, 4) is 10.8 Å². The Labute approximate surface area is 126 Å². The summed E-state index contributed by atoms with van der Waals surface area (Å²) in [5, 5.41) is 3.63. The van der Waals surface area contributed by atoms with Gasteiger partial charge in [0.15, 0.2) is 10.8 Å². The number of ether oxygens (including phenoxy) is 1. The topological polar surface area (TPSA) is 77.0 Å². The first-order valence-corrected chi connectivity index (χ1v) is 7.66. The molecule has 1 fully saturated rings. The lowest BCUT2D eigenvalue weighted by Gasteiger charge is -2.08. The molecule has 110 valence electrons. The fourth-order valence-electron chi connectivity index (χ4n) is 2.17. The van der Waals surface area contributed by atoms with Crippen LogP contribution in [0.5, 0.6) is 0 Å². The first-order chi connectivity index (χ1) is 10.2. The number of thiazole rings is 1. The molecular formula is C14H16N4O2S. The van der Waals surface area contributed by atoms with Gasteiger partial charge in [-0.25, -0.2) is 15.0 Å². The molecule has 0 saturated carbocycles. The zero-order valence-corrected chi connectivity index (χ0v) is 12.5. The summed E-state index contributed by atoms with van der Waals surface area (Å²) in [7, 11) is 0. The molecule has 1 atom stereocenters. The quantitative estimate of drug-likeness (QED) is 0.930. The van der Waals surface area contributed by atoms with Crippen LogP contribution in [0.1, 0.15) is 21.8 Å². The van der Waals surface area contributed by atoms with Crippen LogP contribution in [0.3, 0.4) is 0 Å². The Hall–Kier alpha value is -1.86. The standard InChI is InChI=1S/C14H16N4O2S/c1-9-11(13(19)17-7-10-3-6-20-8-10)21-14(18-9)12-15-4-2-5-16-12/h2,4-5,10H,3,6-8H2,1H3,(H,17,19)/t10-/m1/s1. The van der Waals surface area contributed by atoms with Gasteiger partial charge in [0.05, 0.1) is 12.3 Å². The van der Waals surface area contributed by atoms with Crippen molar-refractivity contribution in [1.82, 2.24) is 20.3 Å². The number of hydrogen-bond donors (Lipinski definition) is 1. The summed E-state index contributed by atoms with van der Waals surface area (Å²) < 4.78 is 5.30. The first-order valence-electron chi connectivity index (χ1n) is 6.85. The molecule has 3 rings (SSSR count). The summed E-state index contributed by atoms with van der Waals surface area (Å²) in [5.41, 5.74) is 0.711. The second-order valence-corrected chi connectivity index (χ2v) is 5.94. The van der Waals surface area contributed by atoms with Crippen molar-refractivity contribution in [2.75, 3.05) is 19.8 Å². The van der Waals surface area contributed by atoms with Crippen LogP contribution < -0.4 is 5.32 Å². The minimum atomic E-state index is -0.0842. The molecule has 1 N–H and O–H groups in total. The Morgan fingerprint density at radius 2 is 2.29 bits per heavy atom. The molecule has 0 bridgehead atoms. The van der Waals surface area contributed by atoms with Crippen molar-refractivity contribution >= 4 is 17.2 Å². The van der Waals surface area contributed by atoms with Gasteiger partial charge in [-0.2, -0.15) is 0 Å². The number of rotatable bonds is 4. The fraction of sp³-hybridized carbons (Fsp3) is 0.429. The highest BCUT2D eigenvalue weighted by molar-refractivity contribution is 7.17. The Morgan fingerprint density at radius 1 is 1.48 bits per heavy atom. The molecule has 3 heterocycles. The van der Waals surface area contributed by atoms with Crippen molar-refractivity contribution in [2.24, 2.45) is 5.92 Å². The Morgan fingerprint density at radius 3 is 3.00 bits per heavy atom. The molecular weight excluding hydrogens is 288 g/mol. The molecule has 7 heteroatoms. The summed E-state index contributed by atoms with van der Waals surface area (Å²) >= 11 is 1.32. The average Bonchev–Trinajstić information content (AvgIpc) is 3.15. The minimum Gasteiger partial charge on any atom is -0.381 e. The van der Waals surface area contributed by atoms with Crippen LogP contribution in [0.4, 0.5) is 0 Å². The molecule has 1 aliphatic heterocycles. The van der Waals surface area contributed by atoms with E-state index < -0.39 is 0 Å². The predicted octanol–water partition coefficient (Wildman–Crippen LogP) is 1.67. The zero-order chi connectivity index (χ0) is 14.7. The summed E-state index contributed by atoms with van der Waals surface area (Å²) in [4.78, 5) is 25.6. The third-order valence-corrected chi connectivity index (χ3v) is 4.49. The van der Waals surface area contributed by atoms with Crippen molar-refractivity contribution in [1.29, 1.82) is 0 Å². The van der Waals surface area contributed by atoms with Crippen LogP contribution in [0.2, 0.25) is 0 Å². The Bertz CT molecular complexity index is 623. The van der Waals surface area contributed by atoms with E-state index in [9.17, 15) is 4.79 Å². The number of aromatic nitrogens is 3. The second-order valence-electron chi connectivity index (χ2n) is 4.95. The summed E-state index contributed by atoms with van der Waals surface area (Å²) in [6, 6.07) is 1.75. The van der Waals surface area contributed by atoms with Crippen LogP contribution >= 0.6 is 11.3 Å². The van der Waals surface area contributed by atoms with Gasteiger partial charge < -0.3 is 10.1 Å². The molecule has 0 aromatic carbocycles. The molecule has 1 aliphatic rings.